The summed E-state index contributed by atoms with van der Waals surface area (Å²) in [5.74, 6) is 0. The molecule has 0 aliphatic heterocycles. The van der Waals surface area contributed by atoms with E-state index >= 15 is 0 Å². The van der Waals surface area contributed by atoms with Gasteiger partial charge >= 0.3 is 0 Å². The lowest BCUT2D eigenvalue weighted by atomic mass is 9.99. The zero-order chi connectivity index (χ0) is 16.5. The minimum atomic E-state index is 0.945. The lowest BCUT2D eigenvalue weighted by molar-refractivity contribution is 0.673. The molecule has 4 aromatic carbocycles. The molecule has 0 saturated carbocycles. The summed E-state index contributed by atoms with van der Waals surface area (Å²) in [5, 5.41) is 7.43. The van der Waals surface area contributed by atoms with E-state index in [1.165, 1.54) is 43.4 Å². The fraction of sp³-hybridized carbons (Fsp3) is 0.0435. The van der Waals surface area contributed by atoms with E-state index in [1.807, 2.05) is 6.07 Å². The topological polar surface area (TPSA) is 18.1 Å². The Kier molecular flexibility index (Phi) is 2.31. The number of hydrogen-bond donors (Lipinski definition) is 0. The number of rotatable bonds is 0. The summed E-state index contributed by atoms with van der Waals surface area (Å²) in [6.45, 7) is 0. The third kappa shape index (κ3) is 1.50. The maximum Gasteiger partial charge on any atom is 0.145 e. The molecule has 25 heavy (non-hydrogen) atoms. The first-order chi connectivity index (χ1) is 12.3. The van der Waals surface area contributed by atoms with Gasteiger partial charge in [-0.15, -0.1) is 0 Å². The average Bonchev–Trinajstić information content (AvgIpc) is 3.19. The first kappa shape index (κ1) is 13.1. The molecular weight excluding hydrogens is 306 g/mol. The molecule has 2 aromatic heterocycles. The van der Waals surface area contributed by atoms with Crippen LogP contribution in [-0.2, 0) is 7.05 Å². The second kappa shape index (κ2) is 4.42. The zero-order valence-electron chi connectivity index (χ0n) is 13.8. The number of para-hydroxylation sites is 2. The highest BCUT2D eigenvalue weighted by Crippen LogP contribution is 2.43. The predicted molar refractivity (Wildman–Crippen MR) is 105 cm³/mol. The van der Waals surface area contributed by atoms with Gasteiger partial charge in [-0.1, -0.05) is 60.7 Å². The molecule has 0 aliphatic rings. The first-order valence-electron chi connectivity index (χ1n) is 8.53. The van der Waals surface area contributed by atoms with Gasteiger partial charge in [-0.05, 0) is 17.5 Å². The molecule has 118 valence electrons. The van der Waals surface area contributed by atoms with E-state index in [9.17, 15) is 0 Å². The summed E-state index contributed by atoms with van der Waals surface area (Å²) in [4.78, 5) is 0. The number of aryl methyl sites for hydroxylation is 1. The lowest BCUT2D eigenvalue weighted by Gasteiger charge is -2.04. The number of nitrogens with zero attached hydrogens (tertiary/aromatic N) is 1. The van der Waals surface area contributed by atoms with Gasteiger partial charge in [0.2, 0.25) is 0 Å². The van der Waals surface area contributed by atoms with Crippen molar-refractivity contribution in [3.05, 3.63) is 72.8 Å². The molecule has 0 radical (unpaired) electrons. The molecule has 0 atom stereocenters. The van der Waals surface area contributed by atoms with Crippen LogP contribution >= 0.6 is 0 Å². The van der Waals surface area contributed by atoms with Gasteiger partial charge in [-0.2, -0.15) is 0 Å². The number of benzene rings is 4. The molecule has 2 heterocycles. The molecule has 0 unspecified atom stereocenters. The zero-order valence-corrected chi connectivity index (χ0v) is 13.8. The normalized spacial score (nSPS) is 12.2. The maximum absolute atomic E-state index is 6.31. The minimum absolute atomic E-state index is 0.945. The van der Waals surface area contributed by atoms with Gasteiger partial charge < -0.3 is 8.98 Å². The van der Waals surface area contributed by atoms with Gasteiger partial charge in [0.1, 0.15) is 11.2 Å². The average molecular weight is 321 g/mol. The summed E-state index contributed by atoms with van der Waals surface area (Å²) in [6.07, 6.45) is 0. The molecule has 2 nitrogen and oxygen atoms in total. The number of hydrogen-bond acceptors (Lipinski definition) is 1. The van der Waals surface area contributed by atoms with E-state index < -0.39 is 0 Å². The van der Waals surface area contributed by atoms with Crippen molar-refractivity contribution in [1.82, 2.24) is 4.57 Å². The summed E-state index contributed by atoms with van der Waals surface area (Å²) in [7, 11) is 2.15. The van der Waals surface area contributed by atoms with E-state index in [2.05, 4.69) is 78.3 Å². The molecule has 0 N–H and O–H groups in total. The third-order valence-electron chi connectivity index (χ3n) is 5.38. The van der Waals surface area contributed by atoms with Gasteiger partial charge in [0, 0.05) is 34.1 Å². The van der Waals surface area contributed by atoms with Gasteiger partial charge in [-0.25, -0.2) is 0 Å². The highest BCUT2D eigenvalue weighted by atomic mass is 16.3. The minimum Gasteiger partial charge on any atom is -0.455 e. The number of fused-ring (bicyclic) bond motifs is 10. The summed E-state index contributed by atoms with van der Waals surface area (Å²) < 4.78 is 8.62. The molecular formula is C23H15NO. The number of aromatic nitrogens is 1. The smallest absolute Gasteiger partial charge is 0.145 e. The van der Waals surface area contributed by atoms with Gasteiger partial charge in [0.25, 0.3) is 0 Å². The van der Waals surface area contributed by atoms with Crippen molar-refractivity contribution in [2.75, 3.05) is 0 Å². The van der Waals surface area contributed by atoms with Crippen molar-refractivity contribution < 1.29 is 4.42 Å². The summed E-state index contributed by atoms with van der Waals surface area (Å²) in [5.41, 5.74) is 4.43. The van der Waals surface area contributed by atoms with Crippen LogP contribution in [0, 0.1) is 0 Å². The van der Waals surface area contributed by atoms with Gasteiger partial charge in [0.15, 0.2) is 0 Å². The van der Waals surface area contributed by atoms with Crippen LogP contribution in [0.2, 0.25) is 0 Å². The Morgan fingerprint density at radius 1 is 0.640 bits per heavy atom. The van der Waals surface area contributed by atoms with Crippen molar-refractivity contribution in [2.45, 2.75) is 0 Å². The van der Waals surface area contributed by atoms with Gasteiger partial charge in [-0.3, -0.25) is 0 Å². The predicted octanol–water partition coefficient (Wildman–Crippen LogP) is 6.38. The molecule has 0 amide bonds. The van der Waals surface area contributed by atoms with Crippen LogP contribution < -0.4 is 0 Å². The molecule has 6 aromatic rings. The van der Waals surface area contributed by atoms with E-state index in [0.29, 0.717) is 0 Å². The highest BCUT2D eigenvalue weighted by molar-refractivity contribution is 6.34. The van der Waals surface area contributed by atoms with Crippen LogP contribution in [0.5, 0.6) is 0 Å². The molecule has 6 rings (SSSR count). The van der Waals surface area contributed by atoms with E-state index in [1.54, 1.807) is 0 Å². The van der Waals surface area contributed by atoms with Crippen LogP contribution in [0.3, 0.4) is 0 Å². The molecule has 0 fully saturated rings. The Morgan fingerprint density at radius 3 is 2.12 bits per heavy atom. The largest absolute Gasteiger partial charge is 0.455 e. The fourth-order valence-electron chi connectivity index (χ4n) is 4.33. The van der Waals surface area contributed by atoms with Crippen molar-refractivity contribution in [2.24, 2.45) is 7.05 Å². The van der Waals surface area contributed by atoms with Crippen LogP contribution in [0.25, 0.3) is 54.5 Å². The third-order valence-corrected chi connectivity index (χ3v) is 5.38. The maximum atomic E-state index is 6.31. The summed E-state index contributed by atoms with van der Waals surface area (Å²) >= 11 is 0. The molecule has 0 bridgehead atoms. The van der Waals surface area contributed by atoms with Crippen molar-refractivity contribution in [3.63, 3.8) is 0 Å². The molecule has 0 aliphatic carbocycles. The first-order valence-corrected chi connectivity index (χ1v) is 8.53. The van der Waals surface area contributed by atoms with Crippen LogP contribution in [0.4, 0.5) is 0 Å². The summed E-state index contributed by atoms with van der Waals surface area (Å²) in [6, 6.07) is 25.5. The highest BCUT2D eigenvalue weighted by Gasteiger charge is 2.20. The monoisotopic (exact) mass is 321 g/mol. The Labute approximate surface area is 143 Å². The molecule has 0 spiro atoms. The Bertz CT molecular complexity index is 1450. The van der Waals surface area contributed by atoms with Gasteiger partial charge in [0.05, 0.1) is 10.9 Å². The van der Waals surface area contributed by atoms with Crippen molar-refractivity contribution >= 4 is 54.5 Å². The Balaban J connectivity index is 2.11. The van der Waals surface area contributed by atoms with Crippen LogP contribution in [0.15, 0.2) is 77.2 Å². The molecule has 0 saturated heterocycles. The quantitative estimate of drug-likeness (QED) is 0.317. The Morgan fingerprint density at radius 2 is 1.28 bits per heavy atom. The Hall–Kier alpha value is -3.26. The van der Waals surface area contributed by atoms with Crippen LogP contribution in [-0.4, -0.2) is 4.57 Å². The standard InChI is InChI=1S/C23H15NO/c1-24-18-12-6-4-10-16(18)20-14-8-2-3-9-15(14)23-21(22(20)24)17-11-5-7-13-19(17)25-23/h2-13H,1H3. The van der Waals surface area contributed by atoms with Crippen molar-refractivity contribution in [1.29, 1.82) is 0 Å². The van der Waals surface area contributed by atoms with E-state index in [4.69, 9.17) is 4.42 Å². The fourth-order valence-corrected chi connectivity index (χ4v) is 4.33. The second-order valence-corrected chi connectivity index (χ2v) is 6.65. The van der Waals surface area contributed by atoms with Crippen LogP contribution in [0.1, 0.15) is 0 Å². The van der Waals surface area contributed by atoms with E-state index in [-0.39, 0.29) is 0 Å². The SMILES string of the molecule is Cn1c2ccccc2c2c3ccccc3c3oc4ccccc4c3c21. The second-order valence-electron chi connectivity index (χ2n) is 6.65. The van der Waals surface area contributed by atoms with E-state index in [0.717, 1.165) is 11.2 Å². The number of furan rings is 1. The molecule has 2 heteroatoms. The lowest BCUT2D eigenvalue weighted by Crippen LogP contribution is -1.87. The van der Waals surface area contributed by atoms with Crippen molar-refractivity contribution in [3.8, 4) is 0 Å².